The lowest BCUT2D eigenvalue weighted by molar-refractivity contribution is -0.229. The maximum atomic E-state index is 10.7. The Hall–Kier alpha value is -1.13. The van der Waals surface area contributed by atoms with Crippen LogP contribution in [0.1, 0.15) is 0 Å². The fourth-order valence-electron chi connectivity index (χ4n) is 1.12. The monoisotopic (exact) mass is 154 g/mol. The van der Waals surface area contributed by atoms with Crippen molar-refractivity contribution in [2.24, 2.45) is 0 Å². The highest BCUT2D eigenvalue weighted by atomic mass is 17.1. The lowest BCUT2D eigenvalue weighted by Gasteiger charge is -1.99. The van der Waals surface area contributed by atoms with Crippen molar-refractivity contribution in [3.8, 4) is 0 Å². The number of hydrogen-bond donors (Lipinski definition) is 1. The lowest BCUT2D eigenvalue weighted by atomic mass is 10.1. The SMILES string of the molecule is O=C(OO)C1=CC=CC2OC12. The first-order chi connectivity index (χ1) is 5.33. The second-order valence-electron chi connectivity index (χ2n) is 2.41. The smallest absolute Gasteiger partial charge is 0.360 e. The number of ether oxygens (including phenoxy) is 1. The predicted molar refractivity (Wildman–Crippen MR) is 34.6 cm³/mol. The van der Waals surface area contributed by atoms with Gasteiger partial charge in [-0.25, -0.2) is 4.79 Å². The van der Waals surface area contributed by atoms with Crippen LogP contribution in [-0.2, 0) is 14.4 Å². The summed E-state index contributed by atoms with van der Waals surface area (Å²) in [5.74, 6) is -0.734. The van der Waals surface area contributed by atoms with E-state index in [2.05, 4.69) is 4.89 Å². The molecular weight excluding hydrogens is 148 g/mol. The second kappa shape index (κ2) is 2.18. The summed E-state index contributed by atoms with van der Waals surface area (Å²) in [5, 5.41) is 8.05. The maximum Gasteiger partial charge on any atom is 0.371 e. The fourth-order valence-corrected chi connectivity index (χ4v) is 1.12. The van der Waals surface area contributed by atoms with Crippen molar-refractivity contribution >= 4 is 5.97 Å². The summed E-state index contributed by atoms with van der Waals surface area (Å²) in [6, 6.07) is 0. The van der Waals surface area contributed by atoms with E-state index in [0.717, 1.165) is 0 Å². The average Bonchev–Trinajstić information content (AvgIpc) is 2.80. The highest BCUT2D eigenvalue weighted by Crippen LogP contribution is 2.33. The number of epoxide rings is 1. The Morgan fingerprint density at radius 3 is 3.27 bits per heavy atom. The molecule has 0 aromatic rings. The van der Waals surface area contributed by atoms with Crippen LogP contribution in [0.25, 0.3) is 0 Å². The third-order valence-electron chi connectivity index (χ3n) is 1.73. The Labute approximate surface area is 62.7 Å². The van der Waals surface area contributed by atoms with E-state index in [1.807, 2.05) is 6.08 Å². The van der Waals surface area contributed by atoms with Gasteiger partial charge >= 0.3 is 5.97 Å². The van der Waals surface area contributed by atoms with Gasteiger partial charge < -0.3 is 4.74 Å². The Balaban J connectivity index is 2.19. The number of fused-ring (bicyclic) bond motifs is 1. The molecule has 1 fully saturated rings. The molecule has 0 radical (unpaired) electrons. The molecule has 1 saturated heterocycles. The molecule has 0 saturated carbocycles. The zero-order valence-corrected chi connectivity index (χ0v) is 5.56. The quantitative estimate of drug-likeness (QED) is 0.334. The van der Waals surface area contributed by atoms with Crippen LogP contribution in [0.3, 0.4) is 0 Å². The van der Waals surface area contributed by atoms with Crippen molar-refractivity contribution in [3.63, 3.8) is 0 Å². The summed E-state index contributed by atoms with van der Waals surface area (Å²) in [6.07, 6.45) is 4.94. The van der Waals surface area contributed by atoms with Gasteiger partial charge in [-0.2, -0.15) is 5.26 Å². The van der Waals surface area contributed by atoms with Crippen molar-refractivity contribution in [2.45, 2.75) is 12.2 Å². The van der Waals surface area contributed by atoms with Gasteiger partial charge in [0.2, 0.25) is 0 Å². The van der Waals surface area contributed by atoms with Gasteiger partial charge in [0.05, 0.1) is 5.57 Å². The van der Waals surface area contributed by atoms with Crippen LogP contribution in [0.2, 0.25) is 0 Å². The van der Waals surface area contributed by atoms with E-state index in [-0.39, 0.29) is 12.2 Å². The lowest BCUT2D eigenvalue weighted by Crippen LogP contribution is -2.12. The number of carbonyl (C=O) groups excluding carboxylic acids is 1. The minimum absolute atomic E-state index is 0.00843. The molecule has 0 spiro atoms. The molecular formula is C7H6O4. The van der Waals surface area contributed by atoms with Crippen molar-refractivity contribution in [2.75, 3.05) is 0 Å². The van der Waals surface area contributed by atoms with Gasteiger partial charge in [0, 0.05) is 0 Å². The zero-order chi connectivity index (χ0) is 7.84. The van der Waals surface area contributed by atoms with Gasteiger partial charge in [-0.3, -0.25) is 4.89 Å². The number of rotatable bonds is 1. The topological polar surface area (TPSA) is 59.1 Å². The second-order valence-corrected chi connectivity index (χ2v) is 2.41. The van der Waals surface area contributed by atoms with Crippen molar-refractivity contribution in [1.29, 1.82) is 0 Å². The summed E-state index contributed by atoms with van der Waals surface area (Å²) in [4.78, 5) is 14.3. The van der Waals surface area contributed by atoms with Crippen molar-refractivity contribution in [3.05, 3.63) is 23.8 Å². The van der Waals surface area contributed by atoms with Crippen LogP contribution in [0.4, 0.5) is 0 Å². The third kappa shape index (κ3) is 0.961. The summed E-state index contributed by atoms with van der Waals surface area (Å²) in [7, 11) is 0. The first-order valence-corrected chi connectivity index (χ1v) is 3.22. The molecule has 1 N–H and O–H groups in total. The summed E-state index contributed by atoms with van der Waals surface area (Å²) >= 11 is 0. The number of hydrogen-bond acceptors (Lipinski definition) is 4. The molecule has 1 aliphatic heterocycles. The molecule has 0 aromatic carbocycles. The fraction of sp³-hybridized carbons (Fsp3) is 0.286. The van der Waals surface area contributed by atoms with Crippen LogP contribution >= 0.6 is 0 Å². The van der Waals surface area contributed by atoms with Gasteiger partial charge in [0.25, 0.3) is 0 Å². The standard InChI is InChI=1S/C7H6O4/c8-7(11-9)4-2-1-3-5-6(4)10-5/h1-3,5-6,9H. The molecule has 2 unspecified atom stereocenters. The molecule has 11 heavy (non-hydrogen) atoms. The van der Waals surface area contributed by atoms with Crippen molar-refractivity contribution < 1.29 is 19.7 Å². The summed E-state index contributed by atoms with van der Waals surface area (Å²) in [5.41, 5.74) is 0.375. The van der Waals surface area contributed by atoms with E-state index in [1.165, 1.54) is 0 Å². The molecule has 4 nitrogen and oxygen atoms in total. The summed E-state index contributed by atoms with van der Waals surface area (Å²) in [6.45, 7) is 0. The van der Waals surface area contributed by atoms with Gasteiger partial charge in [-0.05, 0) is 6.08 Å². The van der Waals surface area contributed by atoms with E-state index in [0.29, 0.717) is 5.57 Å². The van der Waals surface area contributed by atoms with Crippen LogP contribution in [0, 0.1) is 0 Å². The minimum atomic E-state index is -0.734. The molecule has 58 valence electrons. The van der Waals surface area contributed by atoms with E-state index >= 15 is 0 Å². The highest BCUT2D eigenvalue weighted by Gasteiger charge is 2.44. The first kappa shape index (κ1) is 6.57. The summed E-state index contributed by atoms with van der Waals surface area (Å²) < 4.78 is 5.05. The molecule has 0 aromatic heterocycles. The van der Waals surface area contributed by atoms with Gasteiger partial charge in [-0.1, -0.05) is 12.2 Å². The molecule has 2 rings (SSSR count). The molecule has 4 heteroatoms. The predicted octanol–water partition coefficient (Wildman–Crippen LogP) is 0.266. The van der Waals surface area contributed by atoms with Crippen LogP contribution < -0.4 is 0 Å². The number of allylic oxidation sites excluding steroid dienone is 2. The van der Waals surface area contributed by atoms with Crippen molar-refractivity contribution in [1.82, 2.24) is 0 Å². The highest BCUT2D eigenvalue weighted by molar-refractivity contribution is 5.90. The normalized spacial score (nSPS) is 32.3. The van der Waals surface area contributed by atoms with E-state index in [4.69, 9.17) is 9.99 Å². The molecule has 1 heterocycles. The maximum absolute atomic E-state index is 10.7. The molecule has 2 aliphatic rings. The van der Waals surface area contributed by atoms with E-state index in [9.17, 15) is 4.79 Å². The van der Waals surface area contributed by atoms with Crippen LogP contribution in [0.5, 0.6) is 0 Å². The minimum Gasteiger partial charge on any atom is -0.360 e. The molecule has 1 aliphatic carbocycles. The molecule has 0 bridgehead atoms. The van der Waals surface area contributed by atoms with Gasteiger partial charge in [0.1, 0.15) is 12.2 Å². The van der Waals surface area contributed by atoms with Crippen LogP contribution in [-0.4, -0.2) is 23.4 Å². The number of carbonyl (C=O) groups is 1. The molecule has 0 amide bonds. The first-order valence-electron chi connectivity index (χ1n) is 3.22. The Kier molecular flexibility index (Phi) is 1.30. The van der Waals surface area contributed by atoms with E-state index in [1.54, 1.807) is 12.2 Å². The zero-order valence-electron chi connectivity index (χ0n) is 5.56. The van der Waals surface area contributed by atoms with Gasteiger partial charge in [-0.15, -0.1) is 0 Å². The van der Waals surface area contributed by atoms with E-state index < -0.39 is 5.97 Å². The largest absolute Gasteiger partial charge is 0.371 e. The average molecular weight is 154 g/mol. The Morgan fingerprint density at radius 2 is 2.55 bits per heavy atom. The Bertz CT molecular complexity index is 253. The third-order valence-corrected chi connectivity index (χ3v) is 1.73. The molecule has 2 atom stereocenters. The van der Waals surface area contributed by atoms with Gasteiger partial charge in [0.15, 0.2) is 0 Å². The van der Waals surface area contributed by atoms with Crippen LogP contribution in [0.15, 0.2) is 23.8 Å². The Morgan fingerprint density at radius 1 is 1.73 bits per heavy atom.